The van der Waals surface area contributed by atoms with Crippen molar-refractivity contribution in [2.45, 2.75) is 25.9 Å². The minimum Gasteiger partial charge on any atom is -0.467 e. The van der Waals surface area contributed by atoms with Gasteiger partial charge in [-0.25, -0.2) is 0 Å². The Kier molecular flexibility index (Phi) is 4.52. The number of anilines is 1. The number of nitrogens with one attached hydrogen (secondary N) is 1. The topological polar surface area (TPSA) is 78.4 Å². The van der Waals surface area contributed by atoms with E-state index in [1.54, 1.807) is 0 Å². The molecule has 100 valence electrons. The summed E-state index contributed by atoms with van der Waals surface area (Å²) in [6.07, 6.45) is 1.85. The van der Waals surface area contributed by atoms with Gasteiger partial charge in [-0.1, -0.05) is 6.92 Å². The second kappa shape index (κ2) is 6.34. The smallest absolute Gasteiger partial charge is 0.324 e. The fourth-order valence-corrected chi connectivity index (χ4v) is 1.55. The molecule has 1 aliphatic heterocycles. The van der Waals surface area contributed by atoms with Crippen LogP contribution in [-0.4, -0.2) is 47.9 Å². The molecule has 1 aromatic rings. The van der Waals surface area contributed by atoms with Gasteiger partial charge in [0.2, 0.25) is 5.95 Å². The van der Waals surface area contributed by atoms with E-state index in [9.17, 15) is 0 Å². The molecule has 1 fully saturated rings. The van der Waals surface area contributed by atoms with Crippen LogP contribution in [0.2, 0.25) is 0 Å². The molecule has 1 aliphatic rings. The van der Waals surface area contributed by atoms with E-state index in [0.29, 0.717) is 19.2 Å². The molecule has 0 spiro atoms. The van der Waals surface area contributed by atoms with Gasteiger partial charge < -0.3 is 19.5 Å². The molecule has 2 rings (SSSR count). The number of nitrogens with zero attached hydrogens (tertiary/aromatic N) is 3. The molecule has 7 heteroatoms. The minimum atomic E-state index is 0.0103. The van der Waals surface area contributed by atoms with Crippen LogP contribution >= 0.6 is 0 Å². The summed E-state index contributed by atoms with van der Waals surface area (Å²) in [7, 11) is 1.52. The molecule has 0 bridgehead atoms. The van der Waals surface area contributed by atoms with Crippen molar-refractivity contribution in [1.29, 1.82) is 0 Å². The van der Waals surface area contributed by atoms with E-state index in [0.717, 1.165) is 19.4 Å². The predicted octanol–water partition coefficient (Wildman–Crippen LogP) is 0.870. The number of rotatable bonds is 6. The molecule has 0 aromatic carbocycles. The maximum absolute atomic E-state index is 5.63. The van der Waals surface area contributed by atoms with Crippen LogP contribution in [0.15, 0.2) is 0 Å². The van der Waals surface area contributed by atoms with Crippen molar-refractivity contribution in [3.8, 4) is 12.0 Å². The van der Waals surface area contributed by atoms with Crippen LogP contribution in [0, 0.1) is 0 Å². The number of methoxy groups -OCH3 is 1. The van der Waals surface area contributed by atoms with Crippen LogP contribution in [-0.2, 0) is 4.74 Å². The van der Waals surface area contributed by atoms with E-state index >= 15 is 0 Å². The lowest BCUT2D eigenvalue weighted by atomic mass is 10.3. The highest BCUT2D eigenvalue weighted by Crippen LogP contribution is 2.16. The molecule has 0 amide bonds. The van der Waals surface area contributed by atoms with E-state index in [4.69, 9.17) is 14.2 Å². The van der Waals surface area contributed by atoms with Crippen molar-refractivity contribution >= 4 is 5.95 Å². The van der Waals surface area contributed by atoms with E-state index in [2.05, 4.69) is 27.2 Å². The van der Waals surface area contributed by atoms with Gasteiger partial charge in [-0.15, -0.1) is 4.98 Å². The molecule has 1 N–H and O–H groups in total. The molecule has 1 atom stereocenters. The summed E-state index contributed by atoms with van der Waals surface area (Å²) in [4.78, 5) is 12.3. The highest BCUT2D eigenvalue weighted by atomic mass is 16.6. The third-order valence-electron chi connectivity index (χ3n) is 2.47. The zero-order valence-corrected chi connectivity index (χ0v) is 10.7. The zero-order chi connectivity index (χ0) is 12.8. The molecule has 2 heterocycles. The summed E-state index contributed by atoms with van der Waals surface area (Å²) < 4.78 is 15.9. The Hall–Kier alpha value is -1.63. The van der Waals surface area contributed by atoms with E-state index < -0.39 is 0 Å². The van der Waals surface area contributed by atoms with Crippen molar-refractivity contribution < 1.29 is 14.2 Å². The Morgan fingerprint density at radius 2 is 2.17 bits per heavy atom. The molecule has 0 radical (unpaired) electrons. The zero-order valence-electron chi connectivity index (χ0n) is 10.7. The van der Waals surface area contributed by atoms with Gasteiger partial charge in [0, 0.05) is 13.0 Å². The summed E-state index contributed by atoms with van der Waals surface area (Å²) in [6.45, 7) is 4.15. The Labute approximate surface area is 106 Å². The molecule has 0 aliphatic carbocycles. The van der Waals surface area contributed by atoms with Crippen molar-refractivity contribution in [2.24, 2.45) is 0 Å². The Morgan fingerprint density at radius 3 is 2.83 bits per heavy atom. The van der Waals surface area contributed by atoms with Crippen LogP contribution in [0.25, 0.3) is 0 Å². The van der Waals surface area contributed by atoms with Crippen LogP contribution in [0.1, 0.15) is 19.8 Å². The van der Waals surface area contributed by atoms with Crippen LogP contribution < -0.4 is 14.8 Å². The van der Waals surface area contributed by atoms with Crippen molar-refractivity contribution in [3.05, 3.63) is 0 Å². The fourth-order valence-electron chi connectivity index (χ4n) is 1.55. The molecule has 1 saturated heterocycles. The van der Waals surface area contributed by atoms with Crippen molar-refractivity contribution in [2.75, 3.05) is 32.2 Å². The summed E-state index contributed by atoms with van der Waals surface area (Å²) in [6, 6.07) is 0.522. The second-order valence-corrected chi connectivity index (χ2v) is 3.96. The Bertz CT molecular complexity index is 383. The molecule has 1 unspecified atom stereocenters. The first-order valence-electron chi connectivity index (χ1n) is 6.10. The average Bonchev–Trinajstić information content (AvgIpc) is 2.89. The standard InChI is InChI=1S/C11H18N4O3/c1-3-5-12-9-13-10(16-2)15-11(14-9)18-8-4-6-17-7-8/h8H,3-7H2,1-2H3,(H,12,13,14,15). The van der Waals surface area contributed by atoms with Gasteiger partial charge in [0.25, 0.3) is 0 Å². The number of aromatic nitrogens is 3. The molecule has 18 heavy (non-hydrogen) atoms. The number of ether oxygens (including phenoxy) is 3. The quantitative estimate of drug-likeness (QED) is 0.806. The highest BCUT2D eigenvalue weighted by Gasteiger charge is 2.19. The summed E-state index contributed by atoms with van der Waals surface area (Å²) in [5.41, 5.74) is 0. The molecule has 7 nitrogen and oxygen atoms in total. The first kappa shape index (κ1) is 12.8. The first-order valence-corrected chi connectivity index (χ1v) is 6.10. The summed E-state index contributed by atoms with van der Waals surface area (Å²) in [5.74, 6) is 0.470. The predicted molar refractivity (Wildman–Crippen MR) is 65.0 cm³/mol. The van der Waals surface area contributed by atoms with Gasteiger partial charge in [-0.05, 0) is 6.42 Å². The van der Waals surface area contributed by atoms with E-state index in [1.807, 2.05) is 0 Å². The fraction of sp³-hybridized carbons (Fsp3) is 0.727. The molecular weight excluding hydrogens is 236 g/mol. The Balaban J connectivity index is 2.06. The van der Waals surface area contributed by atoms with Gasteiger partial charge in [0.1, 0.15) is 6.10 Å². The van der Waals surface area contributed by atoms with Gasteiger partial charge in [-0.3, -0.25) is 0 Å². The summed E-state index contributed by atoms with van der Waals surface area (Å²) >= 11 is 0. The largest absolute Gasteiger partial charge is 0.467 e. The minimum absolute atomic E-state index is 0.0103. The Morgan fingerprint density at radius 1 is 1.33 bits per heavy atom. The number of hydrogen-bond acceptors (Lipinski definition) is 7. The van der Waals surface area contributed by atoms with Gasteiger partial charge in [0.05, 0.1) is 20.3 Å². The van der Waals surface area contributed by atoms with Gasteiger partial charge in [-0.2, -0.15) is 9.97 Å². The van der Waals surface area contributed by atoms with Crippen LogP contribution in [0.3, 0.4) is 0 Å². The normalized spacial score (nSPS) is 18.7. The second-order valence-electron chi connectivity index (χ2n) is 3.96. The maximum Gasteiger partial charge on any atom is 0.324 e. The lowest BCUT2D eigenvalue weighted by molar-refractivity contribution is 0.133. The summed E-state index contributed by atoms with van der Waals surface area (Å²) in [5, 5.41) is 3.08. The lowest BCUT2D eigenvalue weighted by Gasteiger charge is -2.11. The van der Waals surface area contributed by atoms with E-state index in [1.165, 1.54) is 7.11 Å². The third-order valence-corrected chi connectivity index (χ3v) is 2.47. The molecule has 0 saturated carbocycles. The number of hydrogen-bond donors (Lipinski definition) is 1. The maximum atomic E-state index is 5.63. The van der Waals surface area contributed by atoms with Gasteiger partial charge >= 0.3 is 12.0 Å². The highest BCUT2D eigenvalue weighted by molar-refractivity contribution is 5.27. The average molecular weight is 254 g/mol. The van der Waals surface area contributed by atoms with Gasteiger partial charge in [0.15, 0.2) is 0 Å². The molecule has 1 aromatic heterocycles. The van der Waals surface area contributed by atoms with Crippen molar-refractivity contribution in [1.82, 2.24) is 15.0 Å². The van der Waals surface area contributed by atoms with E-state index in [-0.39, 0.29) is 18.1 Å². The van der Waals surface area contributed by atoms with Crippen molar-refractivity contribution in [3.63, 3.8) is 0 Å². The monoisotopic (exact) mass is 254 g/mol. The van der Waals surface area contributed by atoms with Crippen LogP contribution in [0.5, 0.6) is 12.0 Å². The lowest BCUT2D eigenvalue weighted by Crippen LogP contribution is -2.18. The third kappa shape index (κ3) is 3.43. The SMILES string of the molecule is CCCNc1nc(OC)nc(OC2CCOC2)n1. The first-order chi connectivity index (χ1) is 8.81. The molecular formula is C11H18N4O3. The van der Waals surface area contributed by atoms with Crippen LogP contribution in [0.4, 0.5) is 5.95 Å².